The van der Waals surface area contributed by atoms with Crippen molar-refractivity contribution in [2.75, 3.05) is 12.4 Å². The van der Waals surface area contributed by atoms with Gasteiger partial charge < -0.3 is 19.2 Å². The van der Waals surface area contributed by atoms with E-state index in [4.69, 9.17) is 13.9 Å². The van der Waals surface area contributed by atoms with Crippen LogP contribution in [0.5, 0.6) is 5.75 Å². The van der Waals surface area contributed by atoms with Gasteiger partial charge in [-0.25, -0.2) is 4.79 Å². The molecule has 0 aliphatic rings. The summed E-state index contributed by atoms with van der Waals surface area (Å²) in [5, 5.41) is 13.1. The second-order valence-electron chi connectivity index (χ2n) is 4.63. The molecule has 0 spiro atoms. The van der Waals surface area contributed by atoms with E-state index < -0.39 is 28.8 Å². The Morgan fingerprint density at radius 1 is 1.25 bits per heavy atom. The van der Waals surface area contributed by atoms with Gasteiger partial charge in [0.2, 0.25) is 5.76 Å². The van der Waals surface area contributed by atoms with E-state index in [1.54, 1.807) is 24.3 Å². The van der Waals surface area contributed by atoms with Crippen molar-refractivity contribution in [2.24, 2.45) is 0 Å². The lowest BCUT2D eigenvalue weighted by Gasteiger charge is -2.14. The molecule has 0 saturated carbocycles. The zero-order valence-electron chi connectivity index (χ0n) is 12.8. The maximum Gasteiger partial charge on any atom is 0.433 e. The van der Waals surface area contributed by atoms with E-state index in [1.165, 1.54) is 14.0 Å². The smallest absolute Gasteiger partial charge is 0.433 e. The number of benzene rings is 1. The summed E-state index contributed by atoms with van der Waals surface area (Å²) >= 11 is 0. The van der Waals surface area contributed by atoms with Crippen molar-refractivity contribution in [2.45, 2.75) is 13.0 Å². The zero-order chi connectivity index (χ0) is 17.7. The third kappa shape index (κ3) is 3.88. The summed E-state index contributed by atoms with van der Waals surface area (Å²) < 4.78 is 14.7. The maximum atomic E-state index is 12.1. The van der Waals surface area contributed by atoms with Crippen LogP contribution < -0.4 is 10.1 Å². The number of carbonyl (C=O) groups is 2. The number of ether oxygens (including phenoxy) is 2. The molecule has 1 aromatic heterocycles. The van der Waals surface area contributed by atoms with Gasteiger partial charge in [-0.05, 0) is 25.1 Å². The number of para-hydroxylation sites is 2. The van der Waals surface area contributed by atoms with Crippen molar-refractivity contribution in [1.29, 1.82) is 0 Å². The lowest BCUT2D eigenvalue weighted by atomic mass is 10.2. The van der Waals surface area contributed by atoms with Crippen molar-refractivity contribution >= 4 is 23.4 Å². The average molecular weight is 334 g/mol. The van der Waals surface area contributed by atoms with Crippen LogP contribution in [0.15, 0.2) is 40.8 Å². The topological polar surface area (TPSA) is 121 Å². The zero-order valence-corrected chi connectivity index (χ0v) is 12.8. The number of methoxy groups -OCH3 is 1. The predicted molar refractivity (Wildman–Crippen MR) is 81.9 cm³/mol. The minimum absolute atomic E-state index is 0.362. The molecule has 0 fully saturated rings. The average Bonchev–Trinajstić information content (AvgIpc) is 3.05. The minimum Gasteiger partial charge on any atom is -0.495 e. The summed E-state index contributed by atoms with van der Waals surface area (Å²) in [5.74, 6) is -2.07. The lowest BCUT2D eigenvalue weighted by Crippen LogP contribution is -2.30. The van der Waals surface area contributed by atoms with Gasteiger partial charge in [-0.2, -0.15) is 0 Å². The number of carbonyl (C=O) groups excluding carboxylic acids is 2. The molecule has 1 heterocycles. The fourth-order valence-electron chi connectivity index (χ4n) is 1.79. The number of amides is 1. The highest BCUT2D eigenvalue weighted by Gasteiger charge is 2.24. The van der Waals surface area contributed by atoms with Crippen LogP contribution in [0.25, 0.3) is 0 Å². The molecule has 0 unspecified atom stereocenters. The van der Waals surface area contributed by atoms with Crippen LogP contribution in [-0.2, 0) is 9.53 Å². The molecule has 0 aliphatic carbocycles. The monoisotopic (exact) mass is 334 g/mol. The van der Waals surface area contributed by atoms with Gasteiger partial charge in [-0.3, -0.25) is 14.9 Å². The second kappa shape index (κ2) is 7.27. The molecule has 0 radical (unpaired) electrons. The molecule has 1 aromatic carbocycles. The van der Waals surface area contributed by atoms with E-state index in [9.17, 15) is 19.7 Å². The Morgan fingerprint density at radius 2 is 1.96 bits per heavy atom. The van der Waals surface area contributed by atoms with Crippen molar-refractivity contribution in [3.63, 3.8) is 0 Å². The first kappa shape index (κ1) is 17.0. The number of esters is 1. The predicted octanol–water partition coefficient (Wildman–Crippen LogP) is 2.38. The Hall–Kier alpha value is -3.36. The molecule has 0 aliphatic heterocycles. The number of nitrogens with zero attached hydrogens (tertiary/aromatic N) is 1. The maximum absolute atomic E-state index is 12.1. The molecule has 9 heteroatoms. The number of hydrogen-bond acceptors (Lipinski definition) is 7. The van der Waals surface area contributed by atoms with Crippen LogP contribution in [0.2, 0.25) is 0 Å². The summed E-state index contributed by atoms with van der Waals surface area (Å²) in [5.41, 5.74) is 0.418. The fraction of sp³-hybridized carbons (Fsp3) is 0.200. The van der Waals surface area contributed by atoms with Crippen LogP contribution in [0, 0.1) is 10.1 Å². The quantitative estimate of drug-likeness (QED) is 0.489. The van der Waals surface area contributed by atoms with Gasteiger partial charge in [0.05, 0.1) is 18.9 Å². The van der Waals surface area contributed by atoms with Gasteiger partial charge in [-0.1, -0.05) is 12.1 Å². The molecule has 2 rings (SSSR count). The number of furan rings is 1. The van der Waals surface area contributed by atoms with Crippen LogP contribution in [0.3, 0.4) is 0 Å². The molecule has 126 valence electrons. The number of rotatable bonds is 6. The van der Waals surface area contributed by atoms with Crippen molar-refractivity contribution in [3.8, 4) is 5.75 Å². The summed E-state index contributed by atoms with van der Waals surface area (Å²) in [7, 11) is 1.46. The van der Waals surface area contributed by atoms with E-state index in [0.29, 0.717) is 11.4 Å². The first-order chi connectivity index (χ1) is 11.4. The number of nitro groups is 1. The Kier molecular flexibility index (Phi) is 5.15. The SMILES string of the molecule is COc1ccccc1NC(=O)[C@@H](C)OC(=O)c1ccc([N+](=O)[O-])o1. The molecule has 24 heavy (non-hydrogen) atoms. The first-order valence-corrected chi connectivity index (χ1v) is 6.81. The number of hydrogen-bond donors (Lipinski definition) is 1. The van der Waals surface area contributed by atoms with E-state index in [1.807, 2.05) is 0 Å². The molecule has 1 N–H and O–H groups in total. The molecule has 0 saturated heterocycles. The van der Waals surface area contributed by atoms with Crippen molar-refractivity contribution in [1.82, 2.24) is 0 Å². The minimum atomic E-state index is -1.15. The van der Waals surface area contributed by atoms with E-state index >= 15 is 0 Å². The molecule has 1 amide bonds. The Labute approximate surface area is 136 Å². The fourth-order valence-corrected chi connectivity index (χ4v) is 1.79. The van der Waals surface area contributed by atoms with Gasteiger partial charge in [0.25, 0.3) is 5.91 Å². The van der Waals surface area contributed by atoms with Crippen LogP contribution in [0.1, 0.15) is 17.5 Å². The molecule has 0 bridgehead atoms. The van der Waals surface area contributed by atoms with Crippen LogP contribution in [-0.4, -0.2) is 30.0 Å². The van der Waals surface area contributed by atoms with Crippen LogP contribution >= 0.6 is 0 Å². The van der Waals surface area contributed by atoms with Crippen molar-refractivity contribution < 1.29 is 28.4 Å². The third-order valence-electron chi connectivity index (χ3n) is 2.99. The second-order valence-corrected chi connectivity index (χ2v) is 4.63. The number of anilines is 1. The Morgan fingerprint density at radius 3 is 2.58 bits per heavy atom. The largest absolute Gasteiger partial charge is 0.495 e. The Balaban J connectivity index is 2.00. The summed E-state index contributed by atoms with van der Waals surface area (Å²) in [6.45, 7) is 1.36. The van der Waals surface area contributed by atoms with Crippen LogP contribution in [0.4, 0.5) is 11.6 Å². The molecule has 1 atom stereocenters. The summed E-state index contributed by atoms with van der Waals surface area (Å²) in [4.78, 5) is 33.6. The molecular formula is C15H14N2O7. The Bertz CT molecular complexity index is 769. The third-order valence-corrected chi connectivity index (χ3v) is 2.99. The van der Waals surface area contributed by atoms with E-state index in [-0.39, 0.29) is 5.76 Å². The van der Waals surface area contributed by atoms with Gasteiger partial charge in [0, 0.05) is 0 Å². The van der Waals surface area contributed by atoms with E-state index in [0.717, 1.165) is 12.1 Å². The normalized spacial score (nSPS) is 11.4. The highest BCUT2D eigenvalue weighted by molar-refractivity contribution is 5.97. The van der Waals surface area contributed by atoms with Gasteiger partial charge in [0.15, 0.2) is 6.10 Å². The standard InChI is InChI=1S/C15H14N2O7/c1-9(14(18)16-10-5-3-4-6-11(10)22-2)23-15(19)12-7-8-13(24-12)17(20)21/h3-9H,1-2H3,(H,16,18)/t9-/m1/s1. The summed E-state index contributed by atoms with van der Waals surface area (Å²) in [6, 6.07) is 8.86. The first-order valence-electron chi connectivity index (χ1n) is 6.81. The van der Waals surface area contributed by atoms with Gasteiger partial charge in [0.1, 0.15) is 10.7 Å². The molecule has 2 aromatic rings. The van der Waals surface area contributed by atoms with Crippen molar-refractivity contribution in [3.05, 3.63) is 52.3 Å². The number of nitrogens with one attached hydrogen (secondary N) is 1. The molecule has 9 nitrogen and oxygen atoms in total. The highest BCUT2D eigenvalue weighted by Crippen LogP contribution is 2.23. The highest BCUT2D eigenvalue weighted by atomic mass is 16.7. The summed E-state index contributed by atoms with van der Waals surface area (Å²) in [6.07, 6.45) is -1.15. The van der Waals surface area contributed by atoms with Gasteiger partial charge >= 0.3 is 11.9 Å². The lowest BCUT2D eigenvalue weighted by molar-refractivity contribution is -0.402. The molecular weight excluding hydrogens is 320 g/mol. The van der Waals surface area contributed by atoms with E-state index in [2.05, 4.69) is 5.32 Å². The van der Waals surface area contributed by atoms with Gasteiger partial charge in [-0.15, -0.1) is 0 Å².